The van der Waals surface area contributed by atoms with Gasteiger partial charge in [0.05, 0.1) is 11.9 Å². The van der Waals surface area contributed by atoms with Gasteiger partial charge in [0.25, 0.3) is 0 Å². The zero-order valence-electron chi connectivity index (χ0n) is 22.9. The lowest BCUT2D eigenvalue weighted by Crippen LogP contribution is -2.50. The van der Waals surface area contributed by atoms with E-state index in [2.05, 4.69) is 5.32 Å². The summed E-state index contributed by atoms with van der Waals surface area (Å²) in [6, 6.07) is 12.6. The molecule has 0 radical (unpaired) electrons. The van der Waals surface area contributed by atoms with E-state index in [9.17, 15) is 18.0 Å². The monoisotopic (exact) mass is 561 g/mol. The van der Waals surface area contributed by atoms with Gasteiger partial charge in [-0.15, -0.1) is 0 Å². The quantitative estimate of drug-likeness (QED) is 0.399. The van der Waals surface area contributed by atoms with Gasteiger partial charge < -0.3 is 10.2 Å². The van der Waals surface area contributed by atoms with Gasteiger partial charge in [-0.2, -0.15) is 0 Å². The van der Waals surface area contributed by atoms with E-state index < -0.39 is 16.1 Å². The Morgan fingerprint density at radius 3 is 2.34 bits per heavy atom. The van der Waals surface area contributed by atoms with E-state index in [1.165, 1.54) is 10.7 Å². The van der Waals surface area contributed by atoms with Crippen molar-refractivity contribution in [3.8, 4) is 0 Å². The smallest absolute Gasteiger partial charge is 0.242 e. The van der Waals surface area contributed by atoms with Gasteiger partial charge in [0.2, 0.25) is 21.8 Å². The van der Waals surface area contributed by atoms with Gasteiger partial charge in [-0.3, -0.25) is 13.9 Å². The van der Waals surface area contributed by atoms with E-state index in [0.717, 1.165) is 43.1 Å². The molecule has 9 heteroatoms. The van der Waals surface area contributed by atoms with Crippen molar-refractivity contribution in [2.75, 3.05) is 17.1 Å². The molecule has 208 valence electrons. The Kier molecular flexibility index (Phi) is 10.6. The highest BCUT2D eigenvalue weighted by Gasteiger charge is 2.28. The number of sulfonamides is 1. The second-order valence-corrected chi connectivity index (χ2v) is 12.7. The number of hydrogen-bond acceptors (Lipinski definition) is 4. The SMILES string of the molecule is Cc1ccc(CN(C(=O)CCCN(c2cccc(Cl)c2C)S(C)(=O)=O)[C@H](C)C(=O)NC2CCCCC2)cc1. The summed E-state index contributed by atoms with van der Waals surface area (Å²) in [5.74, 6) is -0.335. The Bertz CT molecular complexity index is 1210. The molecule has 0 unspecified atom stereocenters. The van der Waals surface area contributed by atoms with Crippen LogP contribution in [0.5, 0.6) is 0 Å². The highest BCUT2D eigenvalue weighted by Crippen LogP contribution is 2.28. The predicted molar refractivity (Wildman–Crippen MR) is 154 cm³/mol. The molecule has 1 N–H and O–H groups in total. The maximum atomic E-state index is 13.5. The number of amides is 2. The standard InChI is InChI=1S/C29H40ClN3O4S/c1-21-15-17-24(18-16-21)20-32(23(3)29(35)31-25-10-6-5-7-11-25)28(34)14-9-19-33(38(4,36)37)27-13-8-12-26(30)22(27)2/h8,12-13,15-18,23,25H,5-7,9-11,14,19-20H2,1-4H3,(H,31,35)/t23-/m1/s1. The highest BCUT2D eigenvalue weighted by atomic mass is 35.5. The average Bonchev–Trinajstić information content (AvgIpc) is 2.87. The Morgan fingerprint density at radius 1 is 1.05 bits per heavy atom. The molecule has 0 spiro atoms. The topological polar surface area (TPSA) is 86.8 Å². The average molecular weight is 562 g/mol. The largest absolute Gasteiger partial charge is 0.352 e. The van der Waals surface area contributed by atoms with Crippen molar-refractivity contribution in [1.82, 2.24) is 10.2 Å². The van der Waals surface area contributed by atoms with Crippen molar-refractivity contribution >= 4 is 39.1 Å². The molecule has 7 nitrogen and oxygen atoms in total. The molecule has 0 aliphatic heterocycles. The molecule has 0 heterocycles. The van der Waals surface area contributed by atoms with Gasteiger partial charge in [0.1, 0.15) is 6.04 Å². The molecule has 0 bridgehead atoms. The summed E-state index contributed by atoms with van der Waals surface area (Å²) in [4.78, 5) is 28.3. The molecule has 2 aromatic carbocycles. The van der Waals surface area contributed by atoms with Gasteiger partial charge in [0, 0.05) is 30.6 Å². The van der Waals surface area contributed by atoms with Crippen molar-refractivity contribution in [3.63, 3.8) is 0 Å². The molecule has 1 aliphatic rings. The van der Waals surface area contributed by atoms with Crippen LogP contribution in [0.15, 0.2) is 42.5 Å². The van der Waals surface area contributed by atoms with Crippen molar-refractivity contribution < 1.29 is 18.0 Å². The molecule has 1 fully saturated rings. The maximum Gasteiger partial charge on any atom is 0.242 e. The van der Waals surface area contributed by atoms with Gasteiger partial charge in [0.15, 0.2) is 0 Å². The molecule has 0 saturated heterocycles. The lowest BCUT2D eigenvalue weighted by Gasteiger charge is -2.31. The fourth-order valence-corrected chi connectivity index (χ4v) is 6.08. The fraction of sp³-hybridized carbons (Fsp3) is 0.517. The Morgan fingerprint density at radius 2 is 1.71 bits per heavy atom. The second kappa shape index (κ2) is 13.5. The van der Waals surface area contributed by atoms with Crippen LogP contribution < -0.4 is 9.62 Å². The first-order chi connectivity index (χ1) is 18.0. The zero-order valence-corrected chi connectivity index (χ0v) is 24.4. The van der Waals surface area contributed by atoms with E-state index in [0.29, 0.717) is 29.2 Å². The molecule has 3 rings (SSSR count). The first-order valence-electron chi connectivity index (χ1n) is 13.4. The van der Waals surface area contributed by atoms with E-state index in [1.807, 2.05) is 31.2 Å². The number of hydrogen-bond donors (Lipinski definition) is 1. The van der Waals surface area contributed by atoms with Crippen molar-refractivity contribution in [1.29, 1.82) is 0 Å². The van der Waals surface area contributed by atoms with Crippen molar-refractivity contribution in [2.24, 2.45) is 0 Å². The van der Waals surface area contributed by atoms with Crippen LogP contribution in [0, 0.1) is 13.8 Å². The summed E-state index contributed by atoms with van der Waals surface area (Å²) >= 11 is 6.23. The zero-order chi connectivity index (χ0) is 27.9. The van der Waals surface area contributed by atoms with E-state index in [4.69, 9.17) is 11.6 Å². The summed E-state index contributed by atoms with van der Waals surface area (Å²) in [5, 5.41) is 3.62. The van der Waals surface area contributed by atoms with Gasteiger partial charge >= 0.3 is 0 Å². The van der Waals surface area contributed by atoms with Gasteiger partial charge in [-0.1, -0.05) is 66.8 Å². The third kappa shape index (κ3) is 8.21. The summed E-state index contributed by atoms with van der Waals surface area (Å²) in [7, 11) is -3.59. The van der Waals surface area contributed by atoms with E-state index >= 15 is 0 Å². The molecular formula is C29H40ClN3O4S. The number of nitrogens with zero attached hydrogens (tertiary/aromatic N) is 2. The molecular weight excluding hydrogens is 522 g/mol. The van der Waals surface area contributed by atoms with Crippen LogP contribution in [0.1, 0.15) is 68.6 Å². The van der Waals surface area contributed by atoms with E-state index in [-0.39, 0.29) is 30.8 Å². The Hall–Kier alpha value is -2.58. The summed E-state index contributed by atoms with van der Waals surface area (Å²) in [5.41, 5.74) is 3.23. The maximum absolute atomic E-state index is 13.5. The van der Waals surface area contributed by atoms with Crippen molar-refractivity contribution in [3.05, 3.63) is 64.2 Å². The third-order valence-corrected chi connectivity index (χ3v) is 8.84. The highest BCUT2D eigenvalue weighted by molar-refractivity contribution is 7.92. The van der Waals surface area contributed by atoms with Crippen molar-refractivity contribution in [2.45, 2.75) is 84.3 Å². The minimum Gasteiger partial charge on any atom is -0.352 e. The summed E-state index contributed by atoms with van der Waals surface area (Å²) < 4.78 is 26.5. The molecule has 0 aromatic heterocycles. The number of benzene rings is 2. The number of anilines is 1. The molecule has 2 amide bonds. The summed E-state index contributed by atoms with van der Waals surface area (Å²) in [6.45, 7) is 5.98. The second-order valence-electron chi connectivity index (χ2n) is 10.3. The number of nitrogens with one attached hydrogen (secondary N) is 1. The Balaban J connectivity index is 1.73. The van der Waals surface area contributed by atoms with Crippen LogP contribution in [0.4, 0.5) is 5.69 Å². The summed E-state index contributed by atoms with van der Waals surface area (Å²) in [6.07, 6.45) is 6.90. The lowest BCUT2D eigenvalue weighted by atomic mass is 9.95. The number of carbonyl (C=O) groups is 2. The minimum absolute atomic E-state index is 0.110. The van der Waals surface area contributed by atoms with Crippen LogP contribution in [-0.4, -0.2) is 50.0 Å². The van der Waals surface area contributed by atoms with E-state index in [1.54, 1.807) is 36.9 Å². The molecule has 1 aliphatic carbocycles. The first-order valence-corrected chi connectivity index (χ1v) is 15.6. The van der Waals surface area contributed by atoms with Gasteiger partial charge in [-0.25, -0.2) is 8.42 Å². The Labute approximate surface area is 232 Å². The van der Waals surface area contributed by atoms with Crippen LogP contribution in [-0.2, 0) is 26.2 Å². The van der Waals surface area contributed by atoms with Crippen LogP contribution in [0.2, 0.25) is 5.02 Å². The van der Waals surface area contributed by atoms with Crippen LogP contribution in [0.25, 0.3) is 0 Å². The lowest BCUT2D eigenvalue weighted by molar-refractivity contribution is -0.141. The van der Waals surface area contributed by atoms with Crippen LogP contribution in [0.3, 0.4) is 0 Å². The molecule has 1 atom stereocenters. The third-order valence-electron chi connectivity index (χ3n) is 7.25. The number of rotatable bonds is 11. The normalized spacial score (nSPS) is 15.1. The minimum atomic E-state index is -3.59. The number of carbonyl (C=O) groups excluding carboxylic acids is 2. The predicted octanol–water partition coefficient (Wildman–Crippen LogP) is 5.37. The molecule has 38 heavy (non-hydrogen) atoms. The molecule has 2 aromatic rings. The van der Waals surface area contributed by atoms with Crippen LogP contribution >= 0.6 is 11.6 Å². The number of aryl methyl sites for hydroxylation is 1. The molecule has 1 saturated carbocycles. The fourth-order valence-electron chi connectivity index (χ4n) is 4.89. The number of halogens is 1. The first kappa shape index (κ1) is 30.0. The van der Waals surface area contributed by atoms with Gasteiger partial charge in [-0.05, 0) is 63.3 Å².